The fourth-order valence-corrected chi connectivity index (χ4v) is 9.42. The second-order valence-corrected chi connectivity index (χ2v) is 14.7. The van der Waals surface area contributed by atoms with Crippen molar-refractivity contribution in [2.45, 2.75) is 12.6 Å². The van der Waals surface area contributed by atoms with Gasteiger partial charge in [-0.25, -0.2) is 0 Å². The number of thiophene rings is 1. The zero-order valence-electron chi connectivity index (χ0n) is 27.8. The van der Waals surface area contributed by atoms with Gasteiger partial charge in [0.1, 0.15) is 11.2 Å². The minimum Gasteiger partial charge on any atom is -0.456 e. The Morgan fingerprint density at radius 3 is 1.88 bits per heavy atom. The molecule has 8 aromatic carbocycles. The van der Waals surface area contributed by atoms with Gasteiger partial charge in [-0.2, -0.15) is 0 Å². The highest BCUT2D eigenvalue weighted by Gasteiger charge is 2.36. The van der Waals surface area contributed by atoms with E-state index in [2.05, 4.69) is 164 Å². The predicted octanol–water partition coefficient (Wildman–Crippen LogP) is 13.1. The van der Waals surface area contributed by atoms with Crippen molar-refractivity contribution in [1.29, 1.82) is 0 Å². The van der Waals surface area contributed by atoms with Gasteiger partial charge in [0.2, 0.25) is 0 Å². The van der Waals surface area contributed by atoms with E-state index in [0.29, 0.717) is 0 Å². The van der Waals surface area contributed by atoms with E-state index in [0.717, 1.165) is 55.6 Å². The first-order valence-electron chi connectivity index (χ1n) is 17.4. The van der Waals surface area contributed by atoms with Crippen LogP contribution in [0.25, 0.3) is 75.5 Å². The Hall–Kier alpha value is -6.23. The number of nitrogens with zero attached hydrogens (tertiary/aromatic N) is 1. The first-order chi connectivity index (χ1) is 25.1. The lowest BCUT2D eigenvalue weighted by atomic mass is 9.88. The first-order valence-corrected chi connectivity index (χ1v) is 18.2. The average Bonchev–Trinajstić information content (AvgIpc) is 3.76. The van der Waals surface area contributed by atoms with E-state index in [1.165, 1.54) is 47.3 Å². The van der Waals surface area contributed by atoms with Crippen LogP contribution in [0, 0.1) is 0 Å². The van der Waals surface area contributed by atoms with Gasteiger partial charge in [-0.3, -0.25) is 4.99 Å². The minimum absolute atomic E-state index is 0.774. The fourth-order valence-electron chi connectivity index (χ4n) is 8.25. The third-order valence-electron chi connectivity index (χ3n) is 10.7. The number of nitrogens with one attached hydrogen (secondary N) is 1. The molecule has 0 amide bonds. The van der Waals surface area contributed by atoms with Crippen molar-refractivity contribution in [2.75, 3.05) is 5.32 Å². The summed E-state index contributed by atoms with van der Waals surface area (Å²) in [5.74, 6) is 0. The molecule has 0 spiro atoms. The number of anilines is 1. The minimum atomic E-state index is -0.774. The molecule has 0 aliphatic carbocycles. The molecular formula is C47H30N2OS. The maximum atomic E-state index is 6.67. The van der Waals surface area contributed by atoms with Gasteiger partial charge in [0, 0.05) is 32.0 Å². The summed E-state index contributed by atoms with van der Waals surface area (Å²) in [6, 6.07) is 56.6. The van der Waals surface area contributed by atoms with Crippen molar-refractivity contribution in [3.8, 4) is 11.1 Å². The Bertz CT molecular complexity index is 3040. The largest absolute Gasteiger partial charge is 0.456 e. The Kier molecular flexibility index (Phi) is 5.96. The molecule has 240 valence electrons. The van der Waals surface area contributed by atoms with Crippen molar-refractivity contribution >= 4 is 87.1 Å². The quantitative estimate of drug-likeness (QED) is 0.190. The summed E-state index contributed by atoms with van der Waals surface area (Å²) in [6.07, 6.45) is 0. The van der Waals surface area contributed by atoms with E-state index in [1.807, 2.05) is 6.07 Å². The predicted molar refractivity (Wildman–Crippen MR) is 217 cm³/mol. The Balaban J connectivity index is 1.20. The number of para-hydroxylation sites is 1. The highest BCUT2D eigenvalue weighted by molar-refractivity contribution is 7.22. The second kappa shape index (κ2) is 10.6. The van der Waals surface area contributed by atoms with Crippen molar-refractivity contribution in [1.82, 2.24) is 0 Å². The molecule has 1 aliphatic rings. The number of rotatable bonds is 3. The van der Waals surface area contributed by atoms with Crippen LogP contribution in [-0.4, -0.2) is 5.71 Å². The summed E-state index contributed by atoms with van der Waals surface area (Å²) < 4.78 is 7.91. The molecule has 3 heterocycles. The first kappa shape index (κ1) is 28.6. The van der Waals surface area contributed by atoms with Crippen molar-refractivity contribution in [3.63, 3.8) is 0 Å². The summed E-state index contributed by atoms with van der Waals surface area (Å²) in [7, 11) is 0. The standard InChI is InChI=1S/C47H30N2OS/c1-47(48-44(28-13-3-2-4-14-28)46-45(49-47)37-20-10-12-22-42(37)51-46)30-26-38(43-36-19-9-11-21-40(36)50-41(43)27-30)29-23-24-35-33-17-6-5-15-31(33)32-16-7-8-18-34(32)39(35)25-29/h2-27,49H,1H3. The maximum absolute atomic E-state index is 6.67. The average molecular weight is 671 g/mol. The van der Waals surface area contributed by atoms with Crippen LogP contribution in [-0.2, 0) is 5.66 Å². The van der Waals surface area contributed by atoms with Crippen LogP contribution in [0.15, 0.2) is 167 Å². The molecule has 1 aliphatic heterocycles. The van der Waals surface area contributed by atoms with Gasteiger partial charge in [0.05, 0.1) is 16.3 Å². The molecule has 2 aromatic heterocycles. The van der Waals surface area contributed by atoms with Crippen molar-refractivity contribution in [2.24, 2.45) is 4.99 Å². The van der Waals surface area contributed by atoms with E-state index in [9.17, 15) is 0 Å². The number of aliphatic imine (C=N–C) groups is 1. The number of fused-ring (bicyclic) bond motifs is 12. The molecule has 0 fully saturated rings. The van der Waals surface area contributed by atoms with Crippen LogP contribution in [0.2, 0.25) is 0 Å². The number of hydrogen-bond donors (Lipinski definition) is 1. The molecule has 0 saturated carbocycles. The van der Waals surface area contributed by atoms with E-state index in [-0.39, 0.29) is 0 Å². The van der Waals surface area contributed by atoms with Gasteiger partial charge >= 0.3 is 0 Å². The molecule has 0 bridgehead atoms. The third-order valence-corrected chi connectivity index (χ3v) is 11.8. The topological polar surface area (TPSA) is 37.5 Å². The zero-order chi connectivity index (χ0) is 33.7. The SMILES string of the molecule is CC1(c2cc(-c3ccc4c5ccccc5c5ccccc5c4c3)c3c(c2)oc2ccccc23)N=C(c2ccccc2)c2sc3ccccc3c2N1. The monoisotopic (exact) mass is 670 g/mol. The molecule has 4 heteroatoms. The van der Waals surface area contributed by atoms with Gasteiger partial charge in [-0.15, -0.1) is 11.3 Å². The molecular weight excluding hydrogens is 641 g/mol. The lowest BCUT2D eigenvalue weighted by Gasteiger charge is -2.34. The molecule has 51 heavy (non-hydrogen) atoms. The third kappa shape index (κ3) is 4.20. The van der Waals surface area contributed by atoms with E-state index < -0.39 is 5.66 Å². The summed E-state index contributed by atoms with van der Waals surface area (Å²) in [5.41, 5.74) is 7.52. The summed E-state index contributed by atoms with van der Waals surface area (Å²) in [5, 5.41) is 15.0. The van der Waals surface area contributed by atoms with Gasteiger partial charge < -0.3 is 9.73 Å². The van der Waals surface area contributed by atoms with Gasteiger partial charge in [-0.1, -0.05) is 127 Å². The molecule has 1 unspecified atom stereocenters. The van der Waals surface area contributed by atoms with E-state index >= 15 is 0 Å². The number of furan rings is 1. The number of benzene rings is 8. The highest BCUT2D eigenvalue weighted by Crippen LogP contribution is 2.47. The molecule has 1 atom stereocenters. The molecule has 0 saturated heterocycles. The van der Waals surface area contributed by atoms with Gasteiger partial charge in [-0.05, 0) is 80.7 Å². The van der Waals surface area contributed by atoms with E-state index in [4.69, 9.17) is 9.41 Å². The maximum Gasteiger partial charge on any atom is 0.153 e. The van der Waals surface area contributed by atoms with Crippen LogP contribution in [0.1, 0.15) is 22.9 Å². The highest BCUT2D eigenvalue weighted by atomic mass is 32.1. The molecule has 0 radical (unpaired) electrons. The normalized spacial score (nSPS) is 15.9. The summed E-state index contributed by atoms with van der Waals surface area (Å²) >= 11 is 1.79. The Morgan fingerprint density at radius 1 is 0.529 bits per heavy atom. The number of hydrogen-bond acceptors (Lipinski definition) is 4. The van der Waals surface area contributed by atoms with Crippen molar-refractivity contribution in [3.05, 3.63) is 174 Å². The smallest absolute Gasteiger partial charge is 0.153 e. The lowest BCUT2D eigenvalue weighted by molar-refractivity contribution is 0.572. The zero-order valence-corrected chi connectivity index (χ0v) is 28.6. The molecule has 3 nitrogen and oxygen atoms in total. The van der Waals surface area contributed by atoms with Crippen LogP contribution < -0.4 is 5.32 Å². The van der Waals surface area contributed by atoms with Crippen LogP contribution in [0.4, 0.5) is 5.69 Å². The van der Waals surface area contributed by atoms with Crippen molar-refractivity contribution < 1.29 is 4.42 Å². The van der Waals surface area contributed by atoms with Gasteiger partial charge in [0.25, 0.3) is 0 Å². The second-order valence-electron chi connectivity index (χ2n) is 13.7. The van der Waals surface area contributed by atoms with Crippen LogP contribution in [0.5, 0.6) is 0 Å². The van der Waals surface area contributed by atoms with Gasteiger partial charge in [0.15, 0.2) is 5.66 Å². The molecule has 10 aromatic rings. The summed E-state index contributed by atoms with van der Waals surface area (Å²) in [4.78, 5) is 6.75. The molecule has 1 N–H and O–H groups in total. The fraction of sp³-hybridized carbons (Fsp3) is 0.0426. The van der Waals surface area contributed by atoms with E-state index in [1.54, 1.807) is 11.3 Å². The molecule has 11 rings (SSSR count). The lowest BCUT2D eigenvalue weighted by Crippen LogP contribution is -2.35. The Labute approximate surface area is 298 Å². The Morgan fingerprint density at radius 2 is 1.14 bits per heavy atom. The van der Waals surface area contributed by atoms with Crippen LogP contribution in [0.3, 0.4) is 0 Å². The summed E-state index contributed by atoms with van der Waals surface area (Å²) in [6.45, 7) is 2.19. The van der Waals surface area contributed by atoms with Crippen LogP contribution >= 0.6 is 11.3 Å².